The zero-order valence-electron chi connectivity index (χ0n) is 5.57. The molecule has 60 valence electrons. The zero-order chi connectivity index (χ0) is 8.43. The van der Waals surface area contributed by atoms with Crippen molar-refractivity contribution in [3.63, 3.8) is 0 Å². The minimum Gasteiger partial charge on any atom is -0.326 e. The molecule has 0 heterocycles. The fourth-order valence-electron chi connectivity index (χ4n) is 0.720. The average molecular weight is 238 g/mol. The molecule has 0 unspecified atom stereocenters. The topological polar surface area (TPSA) is 26.0 Å². The predicted molar refractivity (Wildman–Crippen MR) is 47.0 cm³/mol. The summed E-state index contributed by atoms with van der Waals surface area (Å²) >= 11 is 8.78. The van der Waals surface area contributed by atoms with Gasteiger partial charge in [-0.2, -0.15) is 0 Å². The fourth-order valence-corrected chi connectivity index (χ4v) is 1.26. The number of hydrogen-bond acceptors (Lipinski definition) is 1. The van der Waals surface area contributed by atoms with Gasteiger partial charge < -0.3 is 5.73 Å². The highest BCUT2D eigenvalue weighted by molar-refractivity contribution is 9.10. The van der Waals surface area contributed by atoms with E-state index in [1.165, 1.54) is 6.07 Å². The third-order valence-electron chi connectivity index (χ3n) is 1.31. The van der Waals surface area contributed by atoms with Crippen LogP contribution in [0.4, 0.5) is 4.39 Å². The van der Waals surface area contributed by atoms with Crippen LogP contribution in [0.2, 0.25) is 5.02 Å². The van der Waals surface area contributed by atoms with E-state index in [-0.39, 0.29) is 12.4 Å². The van der Waals surface area contributed by atoms with Gasteiger partial charge in [0.1, 0.15) is 5.82 Å². The van der Waals surface area contributed by atoms with Gasteiger partial charge in [0, 0.05) is 16.6 Å². The van der Waals surface area contributed by atoms with Crippen molar-refractivity contribution in [2.75, 3.05) is 0 Å². The van der Waals surface area contributed by atoms with Gasteiger partial charge in [-0.05, 0) is 28.1 Å². The molecule has 1 aromatic carbocycles. The van der Waals surface area contributed by atoms with Gasteiger partial charge in [0.05, 0.1) is 5.02 Å². The second kappa shape index (κ2) is 3.52. The van der Waals surface area contributed by atoms with E-state index in [0.717, 1.165) is 0 Å². The van der Waals surface area contributed by atoms with Crippen molar-refractivity contribution in [2.24, 2.45) is 5.73 Å². The smallest absolute Gasteiger partial charge is 0.129 e. The SMILES string of the molecule is NCc1cc(Br)c(Cl)cc1F. The van der Waals surface area contributed by atoms with Gasteiger partial charge in [-0.1, -0.05) is 11.6 Å². The summed E-state index contributed by atoms with van der Waals surface area (Å²) in [5.74, 6) is -0.360. The first-order valence-electron chi connectivity index (χ1n) is 2.98. The summed E-state index contributed by atoms with van der Waals surface area (Å²) in [5.41, 5.74) is 5.73. The molecule has 1 nitrogen and oxygen atoms in total. The van der Waals surface area contributed by atoms with E-state index in [1.54, 1.807) is 6.07 Å². The van der Waals surface area contributed by atoms with E-state index >= 15 is 0 Å². The lowest BCUT2D eigenvalue weighted by Crippen LogP contribution is -1.99. The van der Waals surface area contributed by atoms with Crippen molar-refractivity contribution in [1.29, 1.82) is 0 Å². The third kappa shape index (κ3) is 1.92. The lowest BCUT2D eigenvalue weighted by atomic mass is 10.2. The molecule has 0 saturated carbocycles. The van der Waals surface area contributed by atoms with Crippen LogP contribution in [0.25, 0.3) is 0 Å². The van der Waals surface area contributed by atoms with E-state index < -0.39 is 0 Å². The normalized spacial score (nSPS) is 10.2. The highest BCUT2D eigenvalue weighted by Crippen LogP contribution is 2.25. The lowest BCUT2D eigenvalue weighted by molar-refractivity contribution is 0.610. The van der Waals surface area contributed by atoms with E-state index in [2.05, 4.69) is 15.9 Å². The molecule has 0 aliphatic carbocycles. The van der Waals surface area contributed by atoms with E-state index in [9.17, 15) is 4.39 Å². The van der Waals surface area contributed by atoms with Crippen LogP contribution < -0.4 is 5.73 Å². The highest BCUT2D eigenvalue weighted by atomic mass is 79.9. The number of rotatable bonds is 1. The Labute approximate surface area is 77.5 Å². The molecule has 2 N–H and O–H groups in total. The maximum Gasteiger partial charge on any atom is 0.129 e. The Morgan fingerprint density at radius 3 is 2.73 bits per heavy atom. The van der Waals surface area contributed by atoms with Crippen molar-refractivity contribution in [2.45, 2.75) is 6.54 Å². The average Bonchev–Trinajstić information content (AvgIpc) is 1.97. The van der Waals surface area contributed by atoms with Gasteiger partial charge in [0.15, 0.2) is 0 Å². The van der Waals surface area contributed by atoms with Gasteiger partial charge in [-0.25, -0.2) is 4.39 Å². The van der Waals surface area contributed by atoms with Crippen molar-refractivity contribution in [3.8, 4) is 0 Å². The molecular formula is C7H6BrClFN. The molecule has 11 heavy (non-hydrogen) atoms. The molecule has 0 aromatic heterocycles. The molecule has 0 bridgehead atoms. The third-order valence-corrected chi connectivity index (χ3v) is 2.51. The van der Waals surface area contributed by atoms with Crippen molar-refractivity contribution in [3.05, 3.63) is 33.0 Å². The molecule has 0 aliphatic heterocycles. The van der Waals surface area contributed by atoms with Crippen molar-refractivity contribution in [1.82, 2.24) is 0 Å². The number of hydrogen-bond donors (Lipinski definition) is 1. The molecule has 0 aliphatic rings. The van der Waals surface area contributed by atoms with Gasteiger partial charge in [0.25, 0.3) is 0 Å². The van der Waals surface area contributed by atoms with Crippen LogP contribution in [0.3, 0.4) is 0 Å². The minimum atomic E-state index is -0.360. The first-order chi connectivity index (χ1) is 5.15. The van der Waals surface area contributed by atoms with Crippen molar-refractivity contribution < 1.29 is 4.39 Å². The lowest BCUT2D eigenvalue weighted by Gasteiger charge is -2.01. The van der Waals surface area contributed by atoms with Crippen LogP contribution in [0.5, 0.6) is 0 Å². The fraction of sp³-hybridized carbons (Fsp3) is 0.143. The van der Waals surface area contributed by atoms with E-state index in [4.69, 9.17) is 17.3 Å². The van der Waals surface area contributed by atoms with Crippen LogP contribution in [0.1, 0.15) is 5.56 Å². The number of benzene rings is 1. The van der Waals surface area contributed by atoms with Gasteiger partial charge in [0.2, 0.25) is 0 Å². The molecule has 1 rings (SSSR count). The van der Waals surface area contributed by atoms with Crippen LogP contribution in [-0.4, -0.2) is 0 Å². The largest absolute Gasteiger partial charge is 0.326 e. The second-order valence-electron chi connectivity index (χ2n) is 2.06. The Bertz CT molecular complexity index is 277. The summed E-state index contributed by atoms with van der Waals surface area (Å²) in [4.78, 5) is 0. The first kappa shape index (κ1) is 8.97. The summed E-state index contributed by atoms with van der Waals surface area (Å²) in [6.07, 6.45) is 0. The Morgan fingerprint density at radius 2 is 2.18 bits per heavy atom. The number of nitrogens with two attached hydrogens (primary N) is 1. The van der Waals surface area contributed by atoms with Crippen LogP contribution in [-0.2, 0) is 6.54 Å². The molecule has 0 spiro atoms. The van der Waals surface area contributed by atoms with E-state index in [1.807, 2.05) is 0 Å². The molecule has 0 fully saturated rings. The van der Waals surface area contributed by atoms with Gasteiger partial charge in [-0.15, -0.1) is 0 Å². The van der Waals surface area contributed by atoms with Crippen LogP contribution in [0.15, 0.2) is 16.6 Å². The minimum absolute atomic E-state index is 0.182. The summed E-state index contributed by atoms with van der Waals surface area (Å²) < 4.78 is 13.5. The maximum atomic E-state index is 12.8. The predicted octanol–water partition coefficient (Wildman–Crippen LogP) is 2.70. The molecule has 4 heteroatoms. The number of halogens is 3. The monoisotopic (exact) mass is 237 g/mol. The maximum absolute atomic E-state index is 12.8. The van der Waals surface area contributed by atoms with Crippen molar-refractivity contribution >= 4 is 27.5 Å². The summed E-state index contributed by atoms with van der Waals surface area (Å²) in [5, 5.41) is 0.361. The zero-order valence-corrected chi connectivity index (χ0v) is 7.91. The Kier molecular flexibility index (Phi) is 2.87. The molecule has 0 amide bonds. The summed E-state index contributed by atoms with van der Waals surface area (Å²) in [7, 11) is 0. The molecule has 0 saturated heterocycles. The summed E-state index contributed by atoms with van der Waals surface area (Å²) in [6.45, 7) is 0.182. The van der Waals surface area contributed by atoms with Gasteiger partial charge in [-0.3, -0.25) is 0 Å². The standard InChI is InChI=1S/C7H6BrClFN/c8-5-1-4(3-11)7(10)2-6(5)9/h1-2H,3,11H2. The highest BCUT2D eigenvalue weighted by Gasteiger charge is 2.04. The van der Waals surface area contributed by atoms with Gasteiger partial charge >= 0.3 is 0 Å². The summed E-state index contributed by atoms with van der Waals surface area (Å²) in [6, 6.07) is 2.82. The Balaban J connectivity index is 3.21. The molecule has 0 radical (unpaired) electrons. The first-order valence-corrected chi connectivity index (χ1v) is 4.15. The van der Waals surface area contributed by atoms with Crippen LogP contribution in [0, 0.1) is 5.82 Å². The van der Waals surface area contributed by atoms with E-state index in [0.29, 0.717) is 15.1 Å². The molecule has 1 aromatic rings. The molecular weight excluding hydrogens is 232 g/mol. The second-order valence-corrected chi connectivity index (χ2v) is 3.32. The Morgan fingerprint density at radius 1 is 1.55 bits per heavy atom. The molecule has 0 atom stereocenters. The van der Waals surface area contributed by atoms with Crippen LogP contribution >= 0.6 is 27.5 Å². The Hall–Kier alpha value is -0.120. The quantitative estimate of drug-likeness (QED) is 0.748.